The monoisotopic (exact) mass is 277 g/mol. The summed E-state index contributed by atoms with van der Waals surface area (Å²) >= 11 is 0. The van der Waals surface area contributed by atoms with E-state index in [1.807, 2.05) is 66.7 Å². The predicted octanol–water partition coefficient (Wildman–Crippen LogP) is 3.58. The lowest BCUT2D eigenvalue weighted by molar-refractivity contribution is -0.137. The maximum Gasteiger partial charge on any atom is 0.331 e. The molecule has 2 aromatic rings. The molecule has 0 amide bonds. The van der Waals surface area contributed by atoms with E-state index < -0.39 is 5.97 Å². The first-order valence-electron chi connectivity index (χ1n) is 6.67. The van der Waals surface area contributed by atoms with Crippen LogP contribution in [0.2, 0.25) is 0 Å². The Balaban J connectivity index is 2.29. The molecule has 0 saturated carbocycles. The Morgan fingerprint density at radius 3 is 2.00 bits per heavy atom. The molecule has 0 heterocycles. The molecule has 0 bridgehead atoms. The lowest BCUT2D eigenvalue weighted by Crippen LogP contribution is -2.03. The van der Waals surface area contributed by atoms with Crippen molar-refractivity contribution in [2.24, 2.45) is 0 Å². The Morgan fingerprint density at radius 2 is 1.52 bits per heavy atom. The van der Waals surface area contributed by atoms with E-state index in [1.54, 1.807) is 0 Å². The Kier molecular flexibility index (Phi) is 5.31. The molecular weight excluding hydrogens is 262 g/mol. The lowest BCUT2D eigenvalue weighted by atomic mass is 9.98. The van der Waals surface area contributed by atoms with Crippen LogP contribution in [0.4, 0.5) is 0 Å². The molecule has 3 heteroatoms. The quantitative estimate of drug-likeness (QED) is 0.477. The molecule has 0 fully saturated rings. The van der Waals surface area contributed by atoms with Gasteiger partial charge in [0.2, 0.25) is 0 Å². The van der Waals surface area contributed by atoms with Crippen molar-refractivity contribution in [2.75, 3.05) is 6.61 Å². The van der Waals surface area contributed by atoms with Gasteiger partial charge in [-0.05, 0) is 16.7 Å². The number of nitriles is 1. The van der Waals surface area contributed by atoms with Crippen LogP contribution in [0.5, 0.6) is 0 Å². The van der Waals surface area contributed by atoms with Gasteiger partial charge in [0, 0.05) is 6.08 Å². The van der Waals surface area contributed by atoms with Gasteiger partial charge >= 0.3 is 5.97 Å². The van der Waals surface area contributed by atoms with Crippen molar-refractivity contribution in [1.82, 2.24) is 0 Å². The molecule has 0 aliphatic rings. The van der Waals surface area contributed by atoms with Gasteiger partial charge in [-0.25, -0.2) is 4.79 Å². The fourth-order valence-corrected chi connectivity index (χ4v) is 1.93. The highest BCUT2D eigenvalue weighted by molar-refractivity contribution is 5.96. The second-order valence-electron chi connectivity index (χ2n) is 4.37. The topological polar surface area (TPSA) is 50.1 Å². The van der Waals surface area contributed by atoms with Crippen molar-refractivity contribution >= 4 is 11.5 Å². The molecule has 2 aromatic carbocycles. The van der Waals surface area contributed by atoms with Gasteiger partial charge in [0.25, 0.3) is 0 Å². The fraction of sp³-hybridized carbons (Fsp3) is 0.111. The van der Waals surface area contributed by atoms with Crippen molar-refractivity contribution < 1.29 is 9.53 Å². The summed E-state index contributed by atoms with van der Waals surface area (Å²) in [6, 6.07) is 21.3. The standard InChI is InChI=1S/C18H15NO2/c19-12-7-13-21-18(20)14-17(15-8-3-1-4-9-15)16-10-5-2-6-11-16/h1-6,8-11,14H,7,13H2. The average Bonchev–Trinajstić information content (AvgIpc) is 2.54. The third kappa shape index (κ3) is 4.32. The van der Waals surface area contributed by atoms with Crippen LogP contribution in [0.25, 0.3) is 5.57 Å². The van der Waals surface area contributed by atoms with Crippen molar-refractivity contribution in [2.45, 2.75) is 6.42 Å². The maximum absolute atomic E-state index is 11.9. The van der Waals surface area contributed by atoms with Crippen LogP contribution < -0.4 is 0 Å². The summed E-state index contributed by atoms with van der Waals surface area (Å²) in [7, 11) is 0. The number of carbonyl (C=O) groups excluding carboxylic acids is 1. The number of hydrogen-bond acceptors (Lipinski definition) is 3. The van der Waals surface area contributed by atoms with Crippen LogP contribution in [0.3, 0.4) is 0 Å². The smallest absolute Gasteiger partial charge is 0.331 e. The van der Waals surface area contributed by atoms with Gasteiger partial charge in [-0.3, -0.25) is 0 Å². The van der Waals surface area contributed by atoms with E-state index in [0.29, 0.717) is 0 Å². The Bertz CT molecular complexity index is 613. The highest BCUT2D eigenvalue weighted by atomic mass is 16.5. The van der Waals surface area contributed by atoms with E-state index in [4.69, 9.17) is 10.00 Å². The number of nitrogens with zero attached hydrogens (tertiary/aromatic N) is 1. The highest BCUT2D eigenvalue weighted by Gasteiger charge is 2.08. The SMILES string of the molecule is N#CCCOC(=O)C=C(c1ccccc1)c1ccccc1. The minimum atomic E-state index is -0.437. The van der Waals surface area contributed by atoms with Crippen molar-refractivity contribution in [1.29, 1.82) is 5.26 Å². The molecule has 21 heavy (non-hydrogen) atoms. The van der Waals surface area contributed by atoms with E-state index >= 15 is 0 Å². The molecule has 0 spiro atoms. The molecular formula is C18H15NO2. The Hall–Kier alpha value is -2.86. The molecule has 0 radical (unpaired) electrons. The Labute approximate surface area is 124 Å². The number of esters is 1. The van der Waals surface area contributed by atoms with Gasteiger partial charge in [-0.1, -0.05) is 60.7 Å². The van der Waals surface area contributed by atoms with Gasteiger partial charge < -0.3 is 4.74 Å². The predicted molar refractivity (Wildman–Crippen MR) is 81.2 cm³/mol. The number of ether oxygens (including phenoxy) is 1. The van der Waals surface area contributed by atoms with E-state index in [0.717, 1.165) is 16.7 Å². The number of benzene rings is 2. The molecule has 0 aliphatic carbocycles. The van der Waals surface area contributed by atoms with E-state index in [9.17, 15) is 4.79 Å². The first kappa shape index (κ1) is 14.5. The van der Waals surface area contributed by atoms with Crippen LogP contribution in [0.1, 0.15) is 17.5 Å². The van der Waals surface area contributed by atoms with Crippen LogP contribution >= 0.6 is 0 Å². The summed E-state index contributed by atoms with van der Waals surface area (Å²) in [5.74, 6) is -0.437. The van der Waals surface area contributed by atoms with Crippen molar-refractivity contribution in [3.05, 3.63) is 77.9 Å². The first-order chi connectivity index (χ1) is 10.3. The third-order valence-electron chi connectivity index (χ3n) is 2.89. The minimum absolute atomic E-state index is 0.114. The van der Waals surface area contributed by atoms with E-state index in [2.05, 4.69) is 0 Å². The largest absolute Gasteiger partial charge is 0.461 e. The average molecular weight is 277 g/mol. The summed E-state index contributed by atoms with van der Waals surface area (Å²) in [4.78, 5) is 11.9. The van der Waals surface area contributed by atoms with Gasteiger partial charge in [-0.15, -0.1) is 0 Å². The Morgan fingerprint density at radius 1 is 1.00 bits per heavy atom. The van der Waals surface area contributed by atoms with Crippen molar-refractivity contribution in [3.8, 4) is 6.07 Å². The van der Waals surface area contributed by atoms with Crippen LogP contribution in [-0.4, -0.2) is 12.6 Å². The third-order valence-corrected chi connectivity index (χ3v) is 2.89. The van der Waals surface area contributed by atoms with E-state index in [-0.39, 0.29) is 13.0 Å². The van der Waals surface area contributed by atoms with Crippen LogP contribution in [-0.2, 0) is 9.53 Å². The molecule has 3 nitrogen and oxygen atoms in total. The molecule has 0 N–H and O–H groups in total. The van der Waals surface area contributed by atoms with Gasteiger partial charge in [0.05, 0.1) is 12.5 Å². The van der Waals surface area contributed by atoms with Crippen molar-refractivity contribution in [3.63, 3.8) is 0 Å². The van der Waals surface area contributed by atoms with Crippen LogP contribution in [0.15, 0.2) is 66.7 Å². The second-order valence-corrected chi connectivity index (χ2v) is 4.37. The normalized spacial score (nSPS) is 9.48. The zero-order chi connectivity index (χ0) is 14.9. The molecule has 0 aliphatic heterocycles. The lowest BCUT2D eigenvalue weighted by Gasteiger charge is -2.08. The molecule has 0 atom stereocenters. The maximum atomic E-state index is 11.9. The van der Waals surface area contributed by atoms with Crippen LogP contribution in [0, 0.1) is 11.3 Å². The fourth-order valence-electron chi connectivity index (χ4n) is 1.93. The molecule has 104 valence electrons. The second kappa shape index (κ2) is 7.66. The molecule has 0 saturated heterocycles. The summed E-state index contributed by atoms with van der Waals surface area (Å²) in [5, 5.41) is 8.46. The molecule has 0 aromatic heterocycles. The number of rotatable bonds is 5. The number of carbonyl (C=O) groups is 1. The zero-order valence-electron chi connectivity index (χ0n) is 11.5. The highest BCUT2D eigenvalue weighted by Crippen LogP contribution is 2.23. The summed E-state index contributed by atoms with van der Waals surface area (Å²) in [6.45, 7) is 0.114. The number of hydrogen-bond donors (Lipinski definition) is 0. The summed E-state index contributed by atoms with van der Waals surface area (Å²) in [5.41, 5.74) is 2.69. The summed E-state index contributed by atoms with van der Waals surface area (Å²) < 4.78 is 5.02. The summed E-state index contributed by atoms with van der Waals surface area (Å²) in [6.07, 6.45) is 1.67. The first-order valence-corrected chi connectivity index (χ1v) is 6.67. The van der Waals surface area contributed by atoms with E-state index in [1.165, 1.54) is 6.08 Å². The minimum Gasteiger partial charge on any atom is -0.461 e. The van der Waals surface area contributed by atoms with Gasteiger partial charge in [0.1, 0.15) is 6.61 Å². The van der Waals surface area contributed by atoms with Gasteiger partial charge in [-0.2, -0.15) is 5.26 Å². The zero-order valence-corrected chi connectivity index (χ0v) is 11.5. The van der Waals surface area contributed by atoms with Gasteiger partial charge in [0.15, 0.2) is 0 Å². The molecule has 0 unspecified atom stereocenters. The molecule has 2 rings (SSSR count).